The predicted octanol–water partition coefficient (Wildman–Crippen LogP) is 2.90. The van der Waals surface area contributed by atoms with Gasteiger partial charge < -0.3 is 10.1 Å². The van der Waals surface area contributed by atoms with E-state index in [9.17, 15) is 0 Å². The molecule has 0 saturated heterocycles. The summed E-state index contributed by atoms with van der Waals surface area (Å²) in [5, 5.41) is 3.47. The van der Waals surface area contributed by atoms with Gasteiger partial charge >= 0.3 is 0 Å². The second kappa shape index (κ2) is 9.48. The number of nitrogens with one attached hydrogen (secondary N) is 1. The molecule has 3 nitrogen and oxygen atoms in total. The van der Waals surface area contributed by atoms with E-state index in [1.54, 1.807) is 7.11 Å². The van der Waals surface area contributed by atoms with Crippen molar-refractivity contribution in [3.63, 3.8) is 0 Å². The zero-order valence-electron chi connectivity index (χ0n) is 12.2. The maximum absolute atomic E-state index is 5.33. The van der Waals surface area contributed by atoms with Crippen molar-refractivity contribution in [3.05, 3.63) is 34.3 Å². The molecule has 0 saturated carbocycles. The lowest BCUT2D eigenvalue weighted by atomic mass is 10.2. The Kier molecular flexibility index (Phi) is 8.30. The van der Waals surface area contributed by atoms with Gasteiger partial charge in [-0.1, -0.05) is 41.1 Å². The number of benzene rings is 1. The van der Waals surface area contributed by atoms with E-state index < -0.39 is 0 Å². The van der Waals surface area contributed by atoms with Crippen molar-refractivity contribution in [1.29, 1.82) is 0 Å². The fourth-order valence-corrected chi connectivity index (χ4v) is 2.41. The lowest BCUT2D eigenvalue weighted by Crippen LogP contribution is -2.43. The van der Waals surface area contributed by atoms with Gasteiger partial charge in [0.25, 0.3) is 0 Å². The molecule has 0 radical (unpaired) electrons. The maximum Gasteiger partial charge on any atom is 0.0630 e. The zero-order chi connectivity index (χ0) is 14.1. The van der Waals surface area contributed by atoms with E-state index in [1.807, 2.05) is 6.07 Å². The summed E-state index contributed by atoms with van der Waals surface area (Å²) in [6.07, 6.45) is 1.16. The average molecular weight is 329 g/mol. The number of hydrogen-bond donors (Lipinski definition) is 1. The average Bonchev–Trinajstić information content (AvgIpc) is 2.40. The molecule has 1 aromatic rings. The van der Waals surface area contributed by atoms with Crippen LogP contribution in [0.5, 0.6) is 0 Å². The minimum Gasteiger partial charge on any atom is -0.383 e. The van der Waals surface area contributed by atoms with Crippen LogP contribution in [0.15, 0.2) is 28.7 Å². The number of nitrogens with zero attached hydrogens (tertiary/aromatic N) is 1. The summed E-state index contributed by atoms with van der Waals surface area (Å²) in [4.78, 5) is 2.34. The van der Waals surface area contributed by atoms with E-state index in [2.05, 4.69) is 58.3 Å². The number of halogens is 1. The lowest BCUT2D eigenvalue weighted by molar-refractivity contribution is 0.101. The molecule has 0 aromatic heterocycles. The number of rotatable bonds is 9. The highest BCUT2D eigenvalue weighted by atomic mass is 79.9. The molecule has 0 heterocycles. The van der Waals surface area contributed by atoms with E-state index in [0.29, 0.717) is 6.04 Å². The molecule has 108 valence electrons. The molecule has 1 atom stereocenters. The fraction of sp³-hybridized carbons (Fsp3) is 0.600. The molecule has 0 fully saturated rings. The van der Waals surface area contributed by atoms with Gasteiger partial charge in [0.05, 0.1) is 6.61 Å². The summed E-state index contributed by atoms with van der Waals surface area (Å²) in [6, 6.07) is 8.76. The third-order valence-electron chi connectivity index (χ3n) is 3.17. The quantitative estimate of drug-likeness (QED) is 0.705. The third-order valence-corrected chi connectivity index (χ3v) is 3.94. The van der Waals surface area contributed by atoms with E-state index in [4.69, 9.17) is 4.74 Å². The molecule has 1 N–H and O–H groups in total. The molecule has 1 rings (SSSR count). The maximum atomic E-state index is 5.33. The normalized spacial score (nSPS) is 12.9. The van der Waals surface area contributed by atoms with Gasteiger partial charge in [0.2, 0.25) is 0 Å². The van der Waals surface area contributed by atoms with Crippen LogP contribution in [0.2, 0.25) is 0 Å². The van der Waals surface area contributed by atoms with Crippen LogP contribution in [0.3, 0.4) is 0 Å². The molecule has 0 aliphatic heterocycles. The second-order valence-electron chi connectivity index (χ2n) is 4.82. The Morgan fingerprint density at radius 2 is 2.11 bits per heavy atom. The first-order valence-electron chi connectivity index (χ1n) is 6.82. The molecule has 0 aliphatic rings. The first kappa shape index (κ1) is 16.6. The van der Waals surface area contributed by atoms with E-state index in [-0.39, 0.29) is 0 Å². The van der Waals surface area contributed by atoms with Gasteiger partial charge in [-0.15, -0.1) is 0 Å². The van der Waals surface area contributed by atoms with Gasteiger partial charge in [-0.25, -0.2) is 0 Å². The molecular formula is C15H25BrN2O. The summed E-state index contributed by atoms with van der Waals surface area (Å²) < 4.78 is 6.50. The highest BCUT2D eigenvalue weighted by Gasteiger charge is 2.15. The van der Waals surface area contributed by atoms with Crippen molar-refractivity contribution in [3.8, 4) is 0 Å². The van der Waals surface area contributed by atoms with Gasteiger partial charge in [-0.05, 0) is 31.6 Å². The number of hydrogen-bond acceptors (Lipinski definition) is 3. The van der Waals surface area contributed by atoms with Crippen LogP contribution in [-0.4, -0.2) is 44.8 Å². The smallest absolute Gasteiger partial charge is 0.0630 e. The second-order valence-corrected chi connectivity index (χ2v) is 5.67. The Labute approximate surface area is 125 Å². The summed E-state index contributed by atoms with van der Waals surface area (Å²) in [5.41, 5.74) is 1.31. The Morgan fingerprint density at radius 1 is 1.37 bits per heavy atom. The number of methoxy groups -OCH3 is 1. The van der Waals surface area contributed by atoms with Crippen LogP contribution in [0.4, 0.5) is 0 Å². The van der Waals surface area contributed by atoms with Gasteiger partial charge in [-0.3, -0.25) is 4.90 Å². The van der Waals surface area contributed by atoms with E-state index >= 15 is 0 Å². The van der Waals surface area contributed by atoms with Crippen LogP contribution in [0.1, 0.15) is 18.9 Å². The molecule has 1 unspecified atom stereocenters. The van der Waals surface area contributed by atoms with Crippen molar-refractivity contribution in [2.45, 2.75) is 25.9 Å². The highest BCUT2D eigenvalue weighted by Crippen LogP contribution is 2.18. The molecule has 0 spiro atoms. The first-order valence-corrected chi connectivity index (χ1v) is 7.61. The van der Waals surface area contributed by atoms with Crippen LogP contribution in [-0.2, 0) is 11.3 Å². The highest BCUT2D eigenvalue weighted by molar-refractivity contribution is 9.10. The van der Waals surface area contributed by atoms with Gasteiger partial charge in [0.1, 0.15) is 0 Å². The van der Waals surface area contributed by atoms with Crippen molar-refractivity contribution in [1.82, 2.24) is 10.2 Å². The molecule has 0 bridgehead atoms. The summed E-state index contributed by atoms with van der Waals surface area (Å²) in [7, 11) is 3.91. The third kappa shape index (κ3) is 6.04. The van der Waals surface area contributed by atoms with Gasteiger partial charge in [-0.2, -0.15) is 0 Å². The SMILES string of the molecule is CCCNCC(COC)N(C)Cc1ccccc1Br. The molecular weight excluding hydrogens is 304 g/mol. The topological polar surface area (TPSA) is 24.5 Å². The van der Waals surface area contributed by atoms with Crippen LogP contribution in [0.25, 0.3) is 0 Å². The minimum absolute atomic E-state index is 0.392. The van der Waals surface area contributed by atoms with E-state index in [1.165, 1.54) is 10.0 Å². The Bertz CT molecular complexity index is 360. The predicted molar refractivity (Wildman–Crippen MR) is 84.4 cm³/mol. The molecule has 0 amide bonds. The van der Waals surface area contributed by atoms with Crippen LogP contribution >= 0.6 is 15.9 Å². The standard InChI is InChI=1S/C15H25BrN2O/c1-4-9-17-10-14(12-19-3)18(2)11-13-7-5-6-8-15(13)16/h5-8,14,17H,4,9-12H2,1-3H3. The van der Waals surface area contributed by atoms with Gasteiger partial charge in [0.15, 0.2) is 0 Å². The minimum atomic E-state index is 0.392. The lowest BCUT2D eigenvalue weighted by Gasteiger charge is -2.28. The number of likely N-dealkylation sites (N-methyl/N-ethyl adjacent to an activating group) is 1. The van der Waals surface area contributed by atoms with E-state index in [0.717, 1.165) is 32.7 Å². The van der Waals surface area contributed by atoms with Crippen molar-refractivity contribution in [2.75, 3.05) is 33.9 Å². The zero-order valence-corrected chi connectivity index (χ0v) is 13.7. The Morgan fingerprint density at radius 3 is 2.74 bits per heavy atom. The van der Waals surface area contributed by atoms with Gasteiger partial charge in [0, 0.05) is 30.7 Å². The fourth-order valence-electron chi connectivity index (χ4n) is 2.00. The van der Waals surface area contributed by atoms with Crippen molar-refractivity contribution in [2.24, 2.45) is 0 Å². The monoisotopic (exact) mass is 328 g/mol. The van der Waals surface area contributed by atoms with Crippen molar-refractivity contribution >= 4 is 15.9 Å². The van der Waals surface area contributed by atoms with Crippen molar-refractivity contribution < 1.29 is 4.74 Å². The van der Waals surface area contributed by atoms with Crippen LogP contribution in [0, 0.1) is 0 Å². The summed E-state index contributed by atoms with van der Waals surface area (Å²) in [5.74, 6) is 0. The summed E-state index contributed by atoms with van der Waals surface area (Å²) in [6.45, 7) is 5.87. The first-order chi connectivity index (χ1) is 9.19. The number of ether oxygens (including phenoxy) is 1. The molecule has 4 heteroatoms. The van der Waals surface area contributed by atoms with Crippen LogP contribution < -0.4 is 5.32 Å². The molecule has 1 aromatic carbocycles. The molecule has 19 heavy (non-hydrogen) atoms. The summed E-state index contributed by atoms with van der Waals surface area (Å²) >= 11 is 3.60. The Balaban J connectivity index is 2.55. The largest absolute Gasteiger partial charge is 0.383 e. The Hall–Kier alpha value is -0.420. The molecule has 0 aliphatic carbocycles.